The molecule has 0 spiro atoms. The Hall–Kier alpha value is -12.1. The molecule has 3 heterocycles. The number of rotatable bonds is 7. The molecule has 0 bridgehead atoms. The van der Waals surface area contributed by atoms with Gasteiger partial charge in [0.15, 0.2) is 13.9 Å². The molecule has 17 aromatic rings. The molecular formula is C87H55N5Si. The summed E-state index contributed by atoms with van der Waals surface area (Å²) in [6.45, 7) is 0. The number of benzene rings is 14. The molecule has 2 aliphatic carbocycles. The minimum absolute atomic E-state index is 0.516. The predicted molar refractivity (Wildman–Crippen MR) is 378 cm³/mol. The Kier molecular flexibility index (Phi) is 11.9. The van der Waals surface area contributed by atoms with E-state index in [0.717, 1.165) is 49.2 Å². The van der Waals surface area contributed by atoms with E-state index in [2.05, 4.69) is 343 Å². The Bertz CT molecular complexity index is 6450. The lowest BCUT2D eigenvalue weighted by atomic mass is 9.99. The predicted octanol–water partition coefficient (Wildman–Crippen LogP) is 16.0. The number of aromatic nitrogens is 5. The summed E-state index contributed by atoms with van der Waals surface area (Å²) in [5.41, 5.74) is 4.87. The Morgan fingerprint density at radius 3 is 0.892 bits per heavy atom. The van der Waals surface area contributed by atoms with Gasteiger partial charge in [-0.25, -0.2) is 0 Å². The van der Waals surface area contributed by atoms with Crippen LogP contribution in [0.15, 0.2) is 334 Å². The van der Waals surface area contributed by atoms with Gasteiger partial charge in [-0.15, -0.1) is 0 Å². The highest BCUT2D eigenvalue weighted by atomic mass is 28.3. The molecule has 432 valence electrons. The van der Waals surface area contributed by atoms with E-state index >= 15 is 0 Å². The third-order valence-corrected chi connectivity index (χ3v) is 24.5. The minimum Gasteiger partial charge on any atom is -0.278 e. The molecule has 93 heavy (non-hydrogen) atoms. The van der Waals surface area contributed by atoms with Crippen LogP contribution in [-0.4, -0.2) is 32.2 Å². The highest BCUT2D eigenvalue weighted by Gasteiger charge is 2.41. The Balaban J connectivity index is 0.983. The fraction of sp³-hybridized carbons (Fsp3) is 0. The van der Waals surface area contributed by atoms with Crippen LogP contribution in [0.5, 0.6) is 0 Å². The number of para-hydroxylation sites is 2. The van der Waals surface area contributed by atoms with Crippen LogP contribution in [0.1, 0.15) is 0 Å². The molecule has 0 unspecified atom stereocenters. The largest absolute Gasteiger partial charge is 0.278 e. The molecule has 0 atom stereocenters. The molecule has 19 rings (SSSR count). The maximum Gasteiger partial charge on any atom is 0.240 e. The Morgan fingerprint density at radius 2 is 0.516 bits per heavy atom. The third kappa shape index (κ3) is 7.89. The summed E-state index contributed by atoms with van der Waals surface area (Å²) < 4.78 is 4.60. The van der Waals surface area contributed by atoms with Crippen LogP contribution >= 0.6 is 0 Å². The van der Waals surface area contributed by atoms with E-state index in [1.165, 1.54) is 104 Å². The first kappa shape index (κ1) is 52.8. The minimum atomic E-state index is -3.02. The highest BCUT2D eigenvalue weighted by molar-refractivity contribution is 7.19. The summed E-state index contributed by atoms with van der Waals surface area (Å²) in [6.07, 6.45) is 0. The summed E-state index contributed by atoms with van der Waals surface area (Å²) in [7, 11) is -3.02. The van der Waals surface area contributed by atoms with Crippen molar-refractivity contribution in [3.63, 3.8) is 0 Å². The molecule has 0 saturated heterocycles. The van der Waals surface area contributed by atoms with Crippen LogP contribution < -0.4 is 20.7 Å². The summed E-state index contributed by atoms with van der Waals surface area (Å²) in [5.74, 6) is 1.60. The van der Waals surface area contributed by atoms with Crippen molar-refractivity contribution in [1.29, 1.82) is 0 Å². The monoisotopic (exact) mass is 1200 g/mol. The van der Waals surface area contributed by atoms with Gasteiger partial charge in [-0.1, -0.05) is 309 Å². The number of hydrogen-bond donors (Lipinski definition) is 0. The fourth-order valence-electron chi connectivity index (χ4n) is 15.9. The van der Waals surface area contributed by atoms with Crippen molar-refractivity contribution < 1.29 is 0 Å². The van der Waals surface area contributed by atoms with Crippen molar-refractivity contribution in [3.05, 3.63) is 417 Å². The lowest BCUT2D eigenvalue weighted by Crippen LogP contribution is -2.74. The summed E-state index contributed by atoms with van der Waals surface area (Å²) in [6, 6.07) is 123. The third-order valence-electron chi connectivity index (χ3n) is 19.7. The first-order valence-electron chi connectivity index (χ1n) is 31.9. The van der Waals surface area contributed by atoms with Gasteiger partial charge in [-0.3, -0.25) is 9.13 Å². The topological polar surface area (TPSA) is 48.5 Å². The van der Waals surface area contributed by atoms with Crippen molar-refractivity contribution in [3.8, 4) is 23.3 Å². The average molecular weight is 1200 g/mol. The first-order chi connectivity index (χ1) is 46.2. The molecule has 0 radical (unpaired) electrons. The second-order valence-corrected chi connectivity index (χ2v) is 28.2. The first-order valence-corrected chi connectivity index (χ1v) is 33.9. The number of hydrogen-bond acceptors (Lipinski definition) is 3. The second kappa shape index (κ2) is 21.0. The second-order valence-electron chi connectivity index (χ2n) is 24.4. The van der Waals surface area contributed by atoms with Gasteiger partial charge in [0, 0.05) is 37.5 Å². The van der Waals surface area contributed by atoms with Crippen molar-refractivity contribution >= 4 is 72.4 Å². The van der Waals surface area contributed by atoms with Crippen LogP contribution in [0.4, 0.5) is 0 Å². The van der Waals surface area contributed by atoms with Crippen molar-refractivity contribution in [2.75, 3.05) is 0 Å². The molecule has 3 aromatic heterocycles. The molecule has 0 fully saturated rings. The standard InChI is InChI=1S/C87H55N5Si/c1-4-28-57(29-5-1)93(58-30-6-2-7-31-58,59-32-8-3-9-33-59)60-34-26-27-56(55-60)85-88-86(91-77-49-24-22-47-75(77)83-79(91)53-51-73-69-43-16-14-39-65(69)61-35-10-12-37-63(61)67-41-18-20-45-71(67)81(73)83)90-87(89-85)92-78-50-25-23-48-76(78)84-80(92)54-52-74-70-44-17-15-40-66(70)62-36-11-13-38-64(62)68-42-19-21-46-72(68)82(74)84/h1-55H. The van der Waals surface area contributed by atoms with Crippen molar-refractivity contribution in [2.45, 2.75) is 0 Å². The maximum absolute atomic E-state index is 5.88. The molecule has 5 nitrogen and oxygen atoms in total. The van der Waals surface area contributed by atoms with Gasteiger partial charge >= 0.3 is 0 Å². The highest BCUT2D eigenvalue weighted by Crippen LogP contribution is 2.37. The SMILES string of the molecule is c1ccc([Si](c2ccccc2)(c2ccccc2)c2cccc(-c3nc(-n4c5ccccc5c5c6c(ccc54)=c4ccccc4=c4ccccc4=c4ccccc4=6)nc(-n4c5ccccc5c5c6c(ccc54)=c4ccccc4=c4ccccc4=c4ccccc4=6)n3)c2)cc1. The molecule has 0 aliphatic heterocycles. The van der Waals surface area contributed by atoms with E-state index in [9.17, 15) is 0 Å². The lowest BCUT2D eigenvalue weighted by molar-refractivity contribution is 0.892. The van der Waals surface area contributed by atoms with Crippen LogP contribution in [0.25, 0.3) is 66.9 Å². The van der Waals surface area contributed by atoms with Gasteiger partial charge in [0.1, 0.15) is 0 Å². The van der Waals surface area contributed by atoms with E-state index < -0.39 is 8.07 Å². The Labute approximate surface area is 533 Å². The molecular weight excluding hydrogens is 1140 g/mol. The van der Waals surface area contributed by atoms with Crippen LogP contribution in [-0.2, 0) is 0 Å². The van der Waals surface area contributed by atoms with Crippen LogP contribution in [0, 0.1) is 83.5 Å². The van der Waals surface area contributed by atoms with Gasteiger partial charge in [0.05, 0.1) is 22.1 Å². The van der Waals surface area contributed by atoms with E-state index in [4.69, 9.17) is 15.0 Å². The average Bonchev–Trinajstić information content (AvgIpc) is 1.64. The summed E-state index contributed by atoms with van der Waals surface area (Å²) in [5, 5.41) is 28.6. The Morgan fingerprint density at radius 1 is 0.215 bits per heavy atom. The summed E-state index contributed by atoms with van der Waals surface area (Å²) in [4.78, 5) is 17.5. The van der Waals surface area contributed by atoms with E-state index in [1.807, 2.05) is 0 Å². The lowest BCUT2D eigenvalue weighted by Gasteiger charge is -2.34. The number of nitrogens with zero attached hydrogens (tertiary/aromatic N) is 5. The van der Waals surface area contributed by atoms with E-state index in [0.29, 0.717) is 17.7 Å². The summed E-state index contributed by atoms with van der Waals surface area (Å²) >= 11 is 0. The molecule has 0 amide bonds. The van der Waals surface area contributed by atoms with Gasteiger partial charge in [0.25, 0.3) is 0 Å². The van der Waals surface area contributed by atoms with Gasteiger partial charge in [-0.05, 0) is 118 Å². The van der Waals surface area contributed by atoms with Crippen LogP contribution in [0.3, 0.4) is 0 Å². The molecule has 0 N–H and O–H groups in total. The molecule has 2 aliphatic rings. The number of fused-ring (bicyclic) bond motifs is 16. The smallest absolute Gasteiger partial charge is 0.240 e. The van der Waals surface area contributed by atoms with Gasteiger partial charge in [0.2, 0.25) is 11.9 Å². The van der Waals surface area contributed by atoms with Gasteiger partial charge in [-0.2, -0.15) is 15.0 Å². The van der Waals surface area contributed by atoms with Crippen LogP contribution in [0.2, 0.25) is 0 Å². The van der Waals surface area contributed by atoms with Crippen molar-refractivity contribution in [1.82, 2.24) is 24.1 Å². The quantitative estimate of drug-likeness (QED) is 0.118. The molecule has 6 heteroatoms. The normalized spacial score (nSPS) is 12.1. The zero-order chi connectivity index (χ0) is 61.1. The zero-order valence-corrected chi connectivity index (χ0v) is 51.5. The van der Waals surface area contributed by atoms with Crippen molar-refractivity contribution in [2.24, 2.45) is 0 Å². The van der Waals surface area contributed by atoms with E-state index in [-0.39, 0.29) is 0 Å². The maximum atomic E-state index is 5.88. The zero-order valence-electron chi connectivity index (χ0n) is 50.5. The molecule has 14 aromatic carbocycles. The molecule has 0 saturated carbocycles. The fourth-order valence-corrected chi connectivity index (χ4v) is 20.7. The van der Waals surface area contributed by atoms with E-state index in [1.54, 1.807) is 0 Å². The van der Waals surface area contributed by atoms with Gasteiger partial charge < -0.3 is 0 Å².